The van der Waals surface area contributed by atoms with Crippen molar-refractivity contribution in [2.24, 2.45) is 0 Å². The van der Waals surface area contributed by atoms with Gasteiger partial charge < -0.3 is 9.72 Å². The van der Waals surface area contributed by atoms with E-state index in [4.69, 9.17) is 4.74 Å². The average Bonchev–Trinajstić information content (AvgIpc) is 2.97. The van der Waals surface area contributed by atoms with Gasteiger partial charge in [0.2, 0.25) is 0 Å². The van der Waals surface area contributed by atoms with E-state index >= 15 is 0 Å². The second-order valence-corrected chi connectivity index (χ2v) is 6.10. The van der Waals surface area contributed by atoms with E-state index < -0.39 is 0 Å². The fourth-order valence-corrected chi connectivity index (χ4v) is 3.76. The van der Waals surface area contributed by atoms with Crippen molar-refractivity contribution in [1.82, 2.24) is 4.98 Å². The Balaban J connectivity index is 1.92. The van der Waals surface area contributed by atoms with Gasteiger partial charge in [0.05, 0.1) is 7.11 Å². The minimum Gasteiger partial charge on any atom is -0.497 e. The number of aromatic amines is 1. The van der Waals surface area contributed by atoms with Crippen molar-refractivity contribution in [3.63, 3.8) is 0 Å². The Kier molecular flexibility index (Phi) is 3.00. The molecule has 0 atom stereocenters. The van der Waals surface area contributed by atoms with Gasteiger partial charge in [-0.2, -0.15) is 0 Å². The Morgan fingerprint density at radius 2 is 2.00 bits per heavy atom. The standard InChI is InChI=1S/C18H15NOS/c1-20-12-6-7-18-15(10-12)13(8-9-21-18)16-11-19-17-5-3-2-4-14(16)17/h2-8,10-11,19H,9H2,1H3. The number of nitrogens with one attached hydrogen (secondary N) is 1. The molecule has 4 rings (SSSR count). The van der Waals surface area contributed by atoms with Crippen LogP contribution in [-0.2, 0) is 0 Å². The zero-order chi connectivity index (χ0) is 14.2. The second-order valence-electron chi connectivity index (χ2n) is 5.04. The smallest absolute Gasteiger partial charge is 0.119 e. The molecule has 2 nitrogen and oxygen atoms in total. The number of thioether (sulfide) groups is 1. The van der Waals surface area contributed by atoms with Gasteiger partial charge in [-0.15, -0.1) is 11.8 Å². The van der Waals surface area contributed by atoms with Gasteiger partial charge in [-0.1, -0.05) is 24.3 Å². The molecule has 0 bridgehead atoms. The van der Waals surface area contributed by atoms with Crippen LogP contribution in [0, 0.1) is 0 Å². The summed E-state index contributed by atoms with van der Waals surface area (Å²) in [7, 11) is 1.72. The number of H-pyrrole nitrogens is 1. The van der Waals surface area contributed by atoms with Crippen LogP contribution in [0.4, 0.5) is 0 Å². The molecule has 0 spiro atoms. The molecule has 0 aliphatic carbocycles. The molecule has 3 aromatic rings. The van der Waals surface area contributed by atoms with Crippen LogP contribution in [0.25, 0.3) is 16.5 Å². The molecule has 1 aromatic heterocycles. The highest BCUT2D eigenvalue weighted by molar-refractivity contribution is 7.99. The molecule has 104 valence electrons. The Bertz CT molecular complexity index is 847. The first-order chi connectivity index (χ1) is 10.4. The quantitative estimate of drug-likeness (QED) is 0.740. The Morgan fingerprint density at radius 1 is 1.10 bits per heavy atom. The third-order valence-corrected chi connectivity index (χ3v) is 4.88. The molecule has 0 amide bonds. The van der Waals surface area contributed by atoms with Gasteiger partial charge in [-0.05, 0) is 35.4 Å². The summed E-state index contributed by atoms with van der Waals surface area (Å²) in [6.45, 7) is 0. The van der Waals surface area contributed by atoms with Gasteiger partial charge in [0.25, 0.3) is 0 Å². The van der Waals surface area contributed by atoms with Gasteiger partial charge in [-0.3, -0.25) is 0 Å². The summed E-state index contributed by atoms with van der Waals surface area (Å²) in [4.78, 5) is 4.68. The number of methoxy groups -OCH3 is 1. The number of aromatic nitrogens is 1. The SMILES string of the molecule is COc1ccc2c(c1)C(c1c[nH]c3ccccc13)=CCS2. The lowest BCUT2D eigenvalue weighted by Gasteiger charge is -2.18. The van der Waals surface area contributed by atoms with Gasteiger partial charge in [0, 0.05) is 33.3 Å². The maximum Gasteiger partial charge on any atom is 0.119 e. The molecule has 1 N–H and O–H groups in total. The van der Waals surface area contributed by atoms with Gasteiger partial charge in [0.15, 0.2) is 0 Å². The highest BCUT2D eigenvalue weighted by atomic mass is 32.2. The maximum absolute atomic E-state index is 5.39. The van der Waals surface area contributed by atoms with E-state index in [1.54, 1.807) is 7.11 Å². The summed E-state index contributed by atoms with van der Waals surface area (Å²) in [6.07, 6.45) is 4.41. The Hall–Kier alpha value is -2.13. The largest absolute Gasteiger partial charge is 0.497 e. The summed E-state index contributed by atoms with van der Waals surface area (Å²) >= 11 is 1.87. The first-order valence-electron chi connectivity index (χ1n) is 6.94. The number of fused-ring (bicyclic) bond motifs is 2. The van der Waals surface area contributed by atoms with E-state index in [9.17, 15) is 0 Å². The van der Waals surface area contributed by atoms with Crippen molar-refractivity contribution in [1.29, 1.82) is 0 Å². The lowest BCUT2D eigenvalue weighted by molar-refractivity contribution is 0.414. The van der Waals surface area contributed by atoms with Crippen molar-refractivity contribution in [3.05, 3.63) is 65.9 Å². The first-order valence-corrected chi connectivity index (χ1v) is 7.93. The normalized spacial score (nSPS) is 13.9. The van der Waals surface area contributed by atoms with Crippen molar-refractivity contribution >= 4 is 28.2 Å². The zero-order valence-electron chi connectivity index (χ0n) is 11.7. The van der Waals surface area contributed by atoms with E-state index in [1.165, 1.54) is 32.5 Å². The molecule has 0 unspecified atom stereocenters. The molecule has 0 fully saturated rings. The third-order valence-electron chi connectivity index (χ3n) is 3.88. The van der Waals surface area contributed by atoms with Gasteiger partial charge >= 0.3 is 0 Å². The van der Waals surface area contributed by atoms with Crippen LogP contribution >= 0.6 is 11.8 Å². The van der Waals surface area contributed by atoms with Crippen LogP contribution in [0.2, 0.25) is 0 Å². The van der Waals surface area contributed by atoms with Crippen LogP contribution in [-0.4, -0.2) is 17.8 Å². The summed E-state index contributed by atoms with van der Waals surface area (Å²) in [5.41, 5.74) is 4.99. The Labute approximate surface area is 127 Å². The summed E-state index contributed by atoms with van der Waals surface area (Å²) in [5.74, 6) is 1.91. The van der Waals surface area contributed by atoms with Crippen LogP contribution in [0.3, 0.4) is 0 Å². The molecule has 0 saturated heterocycles. The van der Waals surface area contributed by atoms with Crippen LogP contribution in [0.15, 0.2) is 59.6 Å². The number of rotatable bonds is 2. The topological polar surface area (TPSA) is 25.0 Å². The van der Waals surface area contributed by atoms with Crippen LogP contribution < -0.4 is 4.74 Å². The molecule has 2 aromatic carbocycles. The van der Waals surface area contributed by atoms with Crippen LogP contribution in [0.5, 0.6) is 5.75 Å². The Morgan fingerprint density at radius 3 is 2.90 bits per heavy atom. The first kappa shape index (κ1) is 12.6. The van der Waals surface area contributed by atoms with Crippen molar-refractivity contribution < 1.29 is 4.74 Å². The number of ether oxygens (including phenoxy) is 1. The minimum atomic E-state index is 0.905. The number of hydrogen-bond acceptors (Lipinski definition) is 2. The predicted molar refractivity (Wildman–Crippen MR) is 89.1 cm³/mol. The molecular formula is C18H15NOS. The average molecular weight is 293 g/mol. The highest BCUT2D eigenvalue weighted by Crippen LogP contribution is 2.40. The highest BCUT2D eigenvalue weighted by Gasteiger charge is 2.18. The summed E-state index contributed by atoms with van der Waals surface area (Å²) in [5, 5.41) is 1.27. The number of benzene rings is 2. The molecular weight excluding hydrogens is 278 g/mol. The molecule has 1 aliphatic rings. The van der Waals surface area contributed by atoms with Crippen molar-refractivity contribution in [2.75, 3.05) is 12.9 Å². The number of para-hydroxylation sites is 1. The van der Waals surface area contributed by atoms with Gasteiger partial charge in [-0.25, -0.2) is 0 Å². The summed E-state index contributed by atoms with van der Waals surface area (Å²) in [6, 6.07) is 14.8. The monoisotopic (exact) mass is 293 g/mol. The number of hydrogen-bond donors (Lipinski definition) is 1. The molecule has 1 aliphatic heterocycles. The summed E-state index contributed by atoms with van der Waals surface area (Å²) < 4.78 is 5.39. The van der Waals surface area contributed by atoms with E-state index in [1.807, 2.05) is 17.8 Å². The molecule has 0 radical (unpaired) electrons. The lowest BCUT2D eigenvalue weighted by Crippen LogP contribution is -1.97. The molecule has 2 heterocycles. The van der Waals surface area contributed by atoms with E-state index in [-0.39, 0.29) is 0 Å². The molecule has 3 heteroatoms. The fraction of sp³-hybridized carbons (Fsp3) is 0.111. The fourth-order valence-electron chi connectivity index (χ4n) is 2.85. The lowest BCUT2D eigenvalue weighted by atomic mass is 9.96. The van der Waals surface area contributed by atoms with E-state index in [2.05, 4.69) is 53.7 Å². The maximum atomic E-state index is 5.39. The third kappa shape index (κ3) is 2.05. The van der Waals surface area contributed by atoms with E-state index in [0.29, 0.717) is 0 Å². The van der Waals surface area contributed by atoms with Gasteiger partial charge in [0.1, 0.15) is 5.75 Å². The minimum absolute atomic E-state index is 0.905. The van der Waals surface area contributed by atoms with E-state index in [0.717, 1.165) is 11.5 Å². The second kappa shape index (κ2) is 5.01. The molecule has 21 heavy (non-hydrogen) atoms. The zero-order valence-corrected chi connectivity index (χ0v) is 12.5. The van der Waals surface area contributed by atoms with Crippen LogP contribution in [0.1, 0.15) is 11.1 Å². The predicted octanol–water partition coefficient (Wildman–Crippen LogP) is 4.71. The molecule has 0 saturated carbocycles. The van der Waals surface area contributed by atoms with Crippen molar-refractivity contribution in [2.45, 2.75) is 4.90 Å². The van der Waals surface area contributed by atoms with Crippen molar-refractivity contribution in [3.8, 4) is 5.75 Å².